The number of nitrogens with zero attached hydrogens (tertiary/aromatic N) is 15. The van der Waals surface area contributed by atoms with Gasteiger partial charge in [0.2, 0.25) is 23.3 Å². The van der Waals surface area contributed by atoms with Gasteiger partial charge in [0.25, 0.3) is 0 Å². The number of ketones is 1. The van der Waals surface area contributed by atoms with Crippen LogP contribution in [0.4, 0.5) is 19.5 Å². The number of aromatic amines is 3. The summed E-state index contributed by atoms with van der Waals surface area (Å²) in [5.41, 5.74) is 26.6. The molecule has 16 aromatic rings. The number of nitrogens with one attached hydrogen (secondary N) is 6. The summed E-state index contributed by atoms with van der Waals surface area (Å²) < 4.78 is 20.5. The molecule has 11 aromatic carbocycles. The summed E-state index contributed by atoms with van der Waals surface area (Å²) in [6, 6.07) is 96.2. The van der Waals surface area contributed by atoms with Crippen molar-refractivity contribution in [2.75, 3.05) is 12.8 Å². The van der Waals surface area contributed by atoms with Crippen LogP contribution in [0.3, 0.4) is 0 Å². The first-order valence-electron chi connectivity index (χ1n) is 46.1. The smallest absolute Gasteiger partial charge is 0.408 e. The third-order valence-corrected chi connectivity index (χ3v) is 22.9. The molecule has 15 N–H and O–H groups in total. The first kappa shape index (κ1) is 112. The van der Waals surface area contributed by atoms with E-state index in [0.717, 1.165) is 78.9 Å². The molecule has 37 nitrogen and oxygen atoms in total. The van der Waals surface area contributed by atoms with Crippen molar-refractivity contribution in [1.82, 2.24) is 97.6 Å². The fraction of sp³-hybridized carbons (Fsp3) is 0.243. The number of thiazole rings is 1. The summed E-state index contributed by atoms with van der Waals surface area (Å²) in [4.78, 5) is 89.4. The summed E-state index contributed by atoms with van der Waals surface area (Å²) in [6.07, 6.45) is -0.285. The molecule has 147 heavy (non-hydrogen) atoms. The van der Waals surface area contributed by atoms with Crippen LogP contribution in [0.15, 0.2) is 309 Å². The van der Waals surface area contributed by atoms with Gasteiger partial charge >= 0.3 is 41.3 Å². The van der Waals surface area contributed by atoms with Gasteiger partial charge in [-0.15, -0.1) is 50.4 Å². The highest BCUT2D eigenvalue weighted by Gasteiger charge is 2.44. The van der Waals surface area contributed by atoms with E-state index < -0.39 is 88.2 Å². The molecule has 0 bridgehead atoms. The second kappa shape index (κ2) is 52.3. The molecule has 5 aromatic heterocycles. The van der Waals surface area contributed by atoms with E-state index in [-0.39, 0.29) is 55.9 Å². The monoisotopic (exact) mass is 2040 g/mol. The second-order valence-electron chi connectivity index (χ2n) is 36.4. The van der Waals surface area contributed by atoms with Gasteiger partial charge in [0.05, 0.1) is 24.8 Å². The molecule has 0 aliphatic rings. The number of carboxylic acids is 2. The van der Waals surface area contributed by atoms with Crippen molar-refractivity contribution in [1.29, 1.82) is 5.26 Å². The van der Waals surface area contributed by atoms with E-state index in [9.17, 15) is 38.7 Å². The van der Waals surface area contributed by atoms with Gasteiger partial charge in [-0.05, 0) is 176 Å². The van der Waals surface area contributed by atoms with E-state index in [4.69, 9.17) is 51.0 Å². The van der Waals surface area contributed by atoms with Crippen molar-refractivity contribution in [2.24, 2.45) is 5.73 Å². The van der Waals surface area contributed by atoms with Crippen molar-refractivity contribution in [3.05, 3.63) is 381 Å². The van der Waals surface area contributed by atoms with Crippen LogP contribution in [-0.4, -0.2) is 182 Å². The van der Waals surface area contributed by atoms with Crippen LogP contribution >= 0.6 is 11.3 Å². The van der Waals surface area contributed by atoms with Crippen molar-refractivity contribution >= 4 is 58.4 Å². The zero-order valence-electron chi connectivity index (χ0n) is 82.5. The third-order valence-electron chi connectivity index (χ3n) is 22.1. The second-order valence-corrected chi connectivity index (χ2v) is 37.3. The van der Waals surface area contributed by atoms with Gasteiger partial charge in [0.1, 0.15) is 34.9 Å². The minimum atomic E-state index is -1.15. The number of Topliss-reactive ketones (excluding diaryl/α,β-unsaturated/α-hetero) is 1. The number of tetrazole rings is 4. The number of rotatable bonds is 30. The number of anilines is 1. The maximum absolute atomic E-state index is 12.3. The number of carbonyl (C=O) groups is 7. The average Bonchev–Trinajstić information content (AvgIpc) is 1.70. The number of esters is 1. The number of H-pyrrole nitrogens is 3. The van der Waals surface area contributed by atoms with Gasteiger partial charge in [-0.2, -0.15) is 15.7 Å². The maximum atomic E-state index is 12.3. The van der Waals surface area contributed by atoms with Gasteiger partial charge in [0, 0.05) is 46.9 Å². The molecule has 5 atom stereocenters. The molecule has 760 valence electrons. The Kier molecular flexibility index (Phi) is 39.9. The number of carbonyl (C=O) groups excluding carboxylic acids is 5. The maximum Gasteiger partial charge on any atom is 0.408 e. The highest BCUT2D eigenvalue weighted by atomic mass is 35.5. The summed E-state index contributed by atoms with van der Waals surface area (Å²) in [6.45, 7) is 17.2. The number of nitrogens with two attached hydrogens (primary N) is 2. The molecule has 0 fully saturated rings. The van der Waals surface area contributed by atoms with E-state index in [1.807, 2.05) is 193 Å². The lowest BCUT2D eigenvalue weighted by Crippen LogP contribution is -3.00. The lowest BCUT2D eigenvalue weighted by molar-refractivity contribution is -0.476. The summed E-state index contributed by atoms with van der Waals surface area (Å²) in [5, 5.41) is 92.7. The normalized spacial score (nSPS) is 12.1. The number of quaternary nitrogens is 1. The number of amides is 3. The van der Waals surface area contributed by atoms with Crippen molar-refractivity contribution in [2.45, 2.75) is 159 Å². The van der Waals surface area contributed by atoms with Crippen LogP contribution in [0.25, 0.3) is 45.6 Å². The van der Waals surface area contributed by atoms with Crippen molar-refractivity contribution in [3.8, 4) is 51.6 Å². The van der Waals surface area contributed by atoms with Gasteiger partial charge in [0.15, 0.2) is 28.6 Å². The van der Waals surface area contributed by atoms with Crippen LogP contribution < -0.4 is 62.9 Å². The van der Waals surface area contributed by atoms with Crippen LogP contribution in [0.5, 0.6) is 0 Å². The van der Waals surface area contributed by atoms with E-state index >= 15 is 0 Å². The summed E-state index contributed by atoms with van der Waals surface area (Å²) >= 11 is 1.50. The molecule has 0 unspecified atom stereocenters. The molecule has 0 radical (unpaired) electrons. The zero-order chi connectivity index (χ0) is 104. The molecule has 40 heteroatoms. The Balaban J connectivity index is 0.000000198. The highest BCUT2D eigenvalue weighted by Crippen LogP contribution is 2.42. The number of hydrogen-bond acceptors (Lipinski definition) is 27. The van der Waals surface area contributed by atoms with E-state index in [0.29, 0.717) is 51.5 Å². The van der Waals surface area contributed by atoms with Gasteiger partial charge in [-0.1, -0.05) is 303 Å². The number of carboxylic acid groups (broad SMARTS) is 2. The highest BCUT2D eigenvalue weighted by molar-refractivity contribution is 7.13. The number of aromatic nitrogens is 17. The SMILES string of the molecule is CC(=O)[C@H](Cc1ccc(-c2nnn(C(c3ccccc3)(c3ccccc3)c3ccccc3)n2)cc1)NC(=O)OC(C)(C)C.CC(C)(C)OC(=O)N[C@@H](Cc1ccc(-c2nnn(C(c3ccccc3)(c3ccccc3)c3ccccc3)n2)cc1)C(=O)O.COC(=O)[C@H](Cc1ccc(-c2nn[nH]n2)cc1)NC(=O)OC(C)(C)C.N#Cc1ccc(C[C@H](N)C(=O)O)cc1.Nc1[nH+]c([C@@H]([NH3+])Cc2ccc(-c3nn[nH]n3)cc2)cs1.[Cl-].[Cl-]. The number of methoxy groups -OCH3 is 1. The first-order chi connectivity index (χ1) is 69.5. The predicted molar refractivity (Wildman–Crippen MR) is 541 cm³/mol. The fourth-order valence-electron chi connectivity index (χ4n) is 15.3. The number of halogens is 2. The largest absolute Gasteiger partial charge is 1.00 e. The number of hydrogen-bond donors (Lipinski definition) is 10. The number of nitriles is 1. The minimum Gasteiger partial charge on any atom is -1.00 e. The Morgan fingerprint density at radius 1 is 0.429 bits per heavy atom. The number of alkyl carbamates (subject to hydrolysis) is 3. The van der Waals surface area contributed by atoms with Crippen molar-refractivity contribution < 1.29 is 98.3 Å². The van der Waals surface area contributed by atoms with Gasteiger partial charge in [-0.3, -0.25) is 15.3 Å². The first-order valence-corrected chi connectivity index (χ1v) is 47.0. The molecular weight excluding hydrogens is 1930 g/mol. The zero-order valence-corrected chi connectivity index (χ0v) is 84.8. The summed E-state index contributed by atoms with van der Waals surface area (Å²) in [7, 11) is 1.27. The van der Waals surface area contributed by atoms with Gasteiger partial charge in [-0.25, -0.2) is 29.0 Å². The Hall–Kier alpha value is -17.0. The number of nitrogen functional groups attached to an aromatic ring is 1. The number of aliphatic carboxylic acids is 2. The van der Waals surface area contributed by atoms with E-state index in [1.54, 1.807) is 108 Å². The Morgan fingerprint density at radius 3 is 1.01 bits per heavy atom. The third kappa shape index (κ3) is 31.5. The number of benzene rings is 11. The fourth-order valence-corrected chi connectivity index (χ4v) is 16.0. The van der Waals surface area contributed by atoms with Crippen LogP contribution in [0.2, 0.25) is 0 Å². The van der Waals surface area contributed by atoms with Crippen molar-refractivity contribution in [3.63, 3.8) is 0 Å². The van der Waals surface area contributed by atoms with Gasteiger partial charge < -0.3 is 81.4 Å². The van der Waals surface area contributed by atoms with E-state index in [2.05, 4.69) is 173 Å². The molecule has 0 spiro atoms. The van der Waals surface area contributed by atoms with Crippen LogP contribution in [-0.2, 0) is 81.3 Å². The lowest BCUT2D eigenvalue weighted by Gasteiger charge is -2.34. The standard InChI is InChI=1S/C35H35N5O3.C34H33N5O4.C16H21N5O4.C12H13N7S.C10H10N2O2.2ClH/c1-25(41)31(36-33(42)43-34(2,3)4)24-26-20-22-27(23-21-26)32-37-39-40(38-32)35(28-14-8-5-9-15-28,29-16-10-6-11-17-29)30-18-12-7-13-19-30;1-33(2,3)43-32(42)35-29(31(40)41)23-24-19-21-25(22-20-24)30-36-38-39(37-30)34(26-13-7-4-8-14-26,27-15-9-5-10-16-27)28-17-11-6-12-18-28;1-16(2,3)25-15(23)17-12(14(22)24-4)9-10-5-7-11(8-6-10)13-18-20-21-19-13;13-9(10-6-20-12(14)15-10)5-7-1-3-8(4-2-7)11-16-18-19-17-11;11-6-8-3-1-7(2-4-8)5-9(12)10(13)14;;/h5-23,31H,24H2,1-4H3,(H,36,42);4-22,29H,23H2,1-3H3,(H,35,42)(H,40,41);5-8,12H,9H2,1-4H3,(H,17,23)(H,18,19,20,21);1-4,6,9H,5,13H2,(H2,14,15)(H,16,17,18,19);1-4,9H,5,12H2,(H,13,14);2*1H/t31-;29-;12-;2*9-;;/m00000../s1. The minimum absolute atomic E-state index is 0. The topological polar surface area (TPSA) is 547 Å². The molecule has 5 heterocycles. The Labute approximate surface area is 865 Å². The average molecular weight is 2050 g/mol. The molecular formula is C107H114Cl2N24O13S. The molecule has 0 saturated carbocycles. The quantitative estimate of drug-likeness (QED) is 0.0117. The molecule has 0 saturated heterocycles. The Morgan fingerprint density at radius 2 is 0.728 bits per heavy atom. The van der Waals surface area contributed by atoms with Crippen LogP contribution in [0, 0.1) is 11.3 Å². The lowest BCUT2D eigenvalue weighted by atomic mass is 9.77. The predicted octanol–water partition coefficient (Wildman–Crippen LogP) is 7.75. The molecule has 16 rings (SSSR count). The van der Waals surface area contributed by atoms with Crippen LogP contribution in [0.1, 0.15) is 148 Å². The molecule has 0 aliphatic carbocycles. The molecule has 0 aliphatic heterocycles. The van der Waals surface area contributed by atoms with E-state index in [1.165, 1.54) is 30.9 Å². The molecule has 3 amide bonds. The summed E-state index contributed by atoms with van der Waals surface area (Å²) in [5.74, 6) is -0.918. The Bertz CT molecular complexity index is 6460. The number of ether oxygens (including phenoxy) is 4.